The third-order valence-corrected chi connectivity index (χ3v) is 2.90. The van der Waals surface area contributed by atoms with Gasteiger partial charge in [-0.15, -0.1) is 0 Å². The molecule has 1 fully saturated rings. The van der Waals surface area contributed by atoms with Crippen LogP contribution in [0.3, 0.4) is 0 Å². The Morgan fingerprint density at radius 3 is 2.71 bits per heavy atom. The van der Waals surface area contributed by atoms with Crippen molar-refractivity contribution in [1.29, 1.82) is 0 Å². The normalized spacial score (nSPS) is 26.6. The Balaban J connectivity index is 1.88. The monoisotopic (exact) mass is 191 g/mol. The predicted molar refractivity (Wildman–Crippen MR) is 57.1 cm³/mol. The van der Waals surface area contributed by atoms with Gasteiger partial charge in [-0.25, -0.2) is 0 Å². The molecule has 0 aliphatic carbocycles. The number of aliphatic hydroxyl groups is 1. The highest BCUT2D eigenvalue weighted by Gasteiger charge is 2.22. The smallest absolute Gasteiger partial charge is 0.0471 e. The zero-order valence-corrected chi connectivity index (χ0v) is 8.32. The molecule has 1 saturated heterocycles. The van der Waals surface area contributed by atoms with E-state index in [4.69, 9.17) is 5.11 Å². The summed E-state index contributed by atoms with van der Waals surface area (Å²) in [5.41, 5.74) is 1.38. The van der Waals surface area contributed by atoms with Gasteiger partial charge in [0.1, 0.15) is 0 Å². The zero-order chi connectivity index (χ0) is 9.80. The highest BCUT2D eigenvalue weighted by atomic mass is 16.3. The lowest BCUT2D eigenvalue weighted by Crippen LogP contribution is -2.23. The lowest BCUT2D eigenvalue weighted by Gasteiger charge is -2.09. The summed E-state index contributed by atoms with van der Waals surface area (Å²) < 4.78 is 0. The number of aliphatic hydroxyl groups excluding tert-OH is 1. The first kappa shape index (κ1) is 9.69. The van der Waals surface area contributed by atoms with Crippen molar-refractivity contribution >= 4 is 0 Å². The van der Waals surface area contributed by atoms with E-state index in [2.05, 4.69) is 29.6 Å². The van der Waals surface area contributed by atoms with Gasteiger partial charge in [-0.2, -0.15) is 0 Å². The van der Waals surface area contributed by atoms with E-state index in [9.17, 15) is 0 Å². The van der Waals surface area contributed by atoms with Gasteiger partial charge in [0.15, 0.2) is 0 Å². The fourth-order valence-corrected chi connectivity index (χ4v) is 2.10. The molecule has 14 heavy (non-hydrogen) atoms. The predicted octanol–water partition coefficient (Wildman–Crippen LogP) is 1.20. The van der Waals surface area contributed by atoms with Crippen molar-refractivity contribution in [2.24, 2.45) is 5.92 Å². The summed E-state index contributed by atoms with van der Waals surface area (Å²) in [6, 6.07) is 11.1. The summed E-state index contributed by atoms with van der Waals surface area (Å²) in [4.78, 5) is 0. The third-order valence-electron chi connectivity index (χ3n) is 2.90. The number of benzene rings is 1. The molecule has 1 heterocycles. The van der Waals surface area contributed by atoms with Gasteiger partial charge in [0.25, 0.3) is 0 Å². The average molecular weight is 191 g/mol. The molecule has 0 radical (unpaired) electrons. The van der Waals surface area contributed by atoms with Crippen LogP contribution in [0.4, 0.5) is 0 Å². The van der Waals surface area contributed by atoms with Gasteiger partial charge in [0, 0.05) is 19.2 Å². The zero-order valence-electron chi connectivity index (χ0n) is 8.32. The van der Waals surface area contributed by atoms with Gasteiger partial charge < -0.3 is 10.4 Å². The fraction of sp³-hybridized carbons (Fsp3) is 0.500. The van der Waals surface area contributed by atoms with Gasteiger partial charge in [-0.3, -0.25) is 0 Å². The molecule has 2 N–H and O–H groups in total. The number of rotatable bonds is 3. The van der Waals surface area contributed by atoms with Gasteiger partial charge in [-0.05, 0) is 24.3 Å². The quantitative estimate of drug-likeness (QED) is 0.752. The molecule has 2 heteroatoms. The summed E-state index contributed by atoms with van der Waals surface area (Å²) in [7, 11) is 0. The van der Waals surface area contributed by atoms with Crippen LogP contribution in [0.1, 0.15) is 12.0 Å². The molecule has 0 amide bonds. The van der Waals surface area contributed by atoms with Gasteiger partial charge >= 0.3 is 0 Å². The van der Waals surface area contributed by atoms with Crippen molar-refractivity contribution in [2.75, 3.05) is 13.2 Å². The largest absolute Gasteiger partial charge is 0.396 e. The number of nitrogens with one attached hydrogen (secondary N) is 1. The third kappa shape index (κ3) is 2.34. The first-order chi connectivity index (χ1) is 6.88. The minimum absolute atomic E-state index is 0.318. The topological polar surface area (TPSA) is 32.3 Å². The number of hydrogen-bond acceptors (Lipinski definition) is 2. The average Bonchev–Trinajstić information content (AvgIpc) is 2.67. The molecular formula is C12H17NO. The fourth-order valence-electron chi connectivity index (χ4n) is 2.10. The summed E-state index contributed by atoms with van der Waals surface area (Å²) in [5, 5.41) is 12.5. The van der Waals surface area contributed by atoms with Crippen LogP contribution in [0.2, 0.25) is 0 Å². The van der Waals surface area contributed by atoms with E-state index < -0.39 is 0 Å². The van der Waals surface area contributed by atoms with Crippen LogP contribution >= 0.6 is 0 Å². The lowest BCUT2D eigenvalue weighted by atomic mass is 10.0. The molecule has 0 spiro atoms. The van der Waals surface area contributed by atoms with E-state index >= 15 is 0 Å². The second-order valence-electron chi connectivity index (χ2n) is 4.08. The van der Waals surface area contributed by atoms with E-state index in [1.807, 2.05) is 6.07 Å². The van der Waals surface area contributed by atoms with Crippen molar-refractivity contribution in [3.05, 3.63) is 35.9 Å². The molecule has 1 aliphatic heterocycles. The molecule has 2 nitrogen and oxygen atoms in total. The van der Waals surface area contributed by atoms with Crippen LogP contribution in [0, 0.1) is 5.92 Å². The summed E-state index contributed by atoms with van der Waals surface area (Å²) >= 11 is 0. The SMILES string of the molecule is OCC1CNC(Cc2ccccc2)C1. The van der Waals surface area contributed by atoms with Gasteiger partial charge in [-0.1, -0.05) is 30.3 Å². The van der Waals surface area contributed by atoms with Crippen molar-refractivity contribution in [1.82, 2.24) is 5.32 Å². The summed E-state index contributed by atoms with van der Waals surface area (Å²) in [5.74, 6) is 0.462. The van der Waals surface area contributed by atoms with Crippen molar-refractivity contribution in [3.63, 3.8) is 0 Å². The Hall–Kier alpha value is -0.860. The van der Waals surface area contributed by atoms with Crippen LogP contribution in [-0.2, 0) is 6.42 Å². The first-order valence-corrected chi connectivity index (χ1v) is 5.26. The van der Waals surface area contributed by atoms with Gasteiger partial charge in [0.2, 0.25) is 0 Å². The first-order valence-electron chi connectivity index (χ1n) is 5.26. The number of hydrogen-bond donors (Lipinski definition) is 2. The molecular weight excluding hydrogens is 174 g/mol. The minimum Gasteiger partial charge on any atom is -0.396 e. The molecule has 0 aromatic heterocycles. The van der Waals surface area contributed by atoms with Crippen molar-refractivity contribution in [3.8, 4) is 0 Å². The van der Waals surface area contributed by atoms with Crippen LogP contribution in [0.15, 0.2) is 30.3 Å². The Kier molecular flexibility index (Phi) is 3.17. The molecule has 0 saturated carbocycles. The molecule has 0 bridgehead atoms. The molecule has 76 valence electrons. The highest BCUT2D eigenvalue weighted by molar-refractivity contribution is 5.16. The second kappa shape index (κ2) is 4.58. The van der Waals surface area contributed by atoms with E-state index in [-0.39, 0.29) is 0 Å². The maximum Gasteiger partial charge on any atom is 0.0471 e. The minimum atomic E-state index is 0.318. The lowest BCUT2D eigenvalue weighted by molar-refractivity contribution is 0.235. The van der Waals surface area contributed by atoms with E-state index in [1.54, 1.807) is 0 Å². The maximum atomic E-state index is 9.01. The van der Waals surface area contributed by atoms with E-state index in [0.29, 0.717) is 18.6 Å². The Morgan fingerprint density at radius 2 is 2.07 bits per heavy atom. The van der Waals surface area contributed by atoms with Gasteiger partial charge in [0.05, 0.1) is 0 Å². The second-order valence-corrected chi connectivity index (χ2v) is 4.08. The molecule has 2 rings (SSSR count). The molecule has 1 aromatic carbocycles. The molecule has 1 aromatic rings. The Bertz CT molecular complexity index is 273. The van der Waals surface area contributed by atoms with Crippen LogP contribution in [-0.4, -0.2) is 24.3 Å². The van der Waals surface area contributed by atoms with Crippen LogP contribution in [0.5, 0.6) is 0 Å². The van der Waals surface area contributed by atoms with E-state index in [0.717, 1.165) is 19.4 Å². The Morgan fingerprint density at radius 1 is 1.29 bits per heavy atom. The molecule has 2 atom stereocenters. The molecule has 2 unspecified atom stereocenters. The summed E-state index contributed by atoms with van der Waals surface area (Å²) in [6.45, 7) is 1.28. The maximum absolute atomic E-state index is 9.01. The standard InChI is InChI=1S/C12H17NO/c14-9-11-7-12(13-8-11)6-10-4-2-1-3-5-10/h1-5,11-14H,6-9H2. The summed E-state index contributed by atoms with van der Waals surface area (Å²) in [6.07, 6.45) is 2.18. The van der Waals surface area contributed by atoms with E-state index in [1.165, 1.54) is 5.56 Å². The van der Waals surface area contributed by atoms with Crippen molar-refractivity contribution < 1.29 is 5.11 Å². The van der Waals surface area contributed by atoms with Crippen LogP contribution < -0.4 is 5.32 Å². The highest BCUT2D eigenvalue weighted by Crippen LogP contribution is 2.16. The van der Waals surface area contributed by atoms with Crippen LogP contribution in [0.25, 0.3) is 0 Å². The Labute approximate surface area is 85.0 Å². The van der Waals surface area contributed by atoms with Crippen molar-refractivity contribution in [2.45, 2.75) is 18.9 Å². The molecule has 1 aliphatic rings.